The molecule has 0 aromatic heterocycles. The van der Waals surface area contributed by atoms with Crippen LogP contribution in [0.2, 0.25) is 0 Å². The van der Waals surface area contributed by atoms with Gasteiger partial charge in [-0.05, 0) is 61.7 Å². The molecule has 1 aromatic rings. The lowest BCUT2D eigenvalue weighted by molar-refractivity contribution is -0.159. The molecule has 0 aliphatic heterocycles. The van der Waals surface area contributed by atoms with E-state index in [0.29, 0.717) is 12.0 Å². The molecule has 0 spiro atoms. The third-order valence-electron chi connectivity index (χ3n) is 7.15. The van der Waals surface area contributed by atoms with Crippen molar-refractivity contribution in [3.05, 3.63) is 35.9 Å². The Balaban J connectivity index is 1.31. The number of rotatable bonds is 7. The molecule has 0 radical (unpaired) electrons. The highest BCUT2D eigenvalue weighted by atomic mass is 16.5. The van der Waals surface area contributed by atoms with E-state index in [1.54, 1.807) is 38.4 Å². The molecule has 30 heavy (non-hydrogen) atoms. The number of hydrogen-bond donors (Lipinski definition) is 1. The molecule has 4 saturated carbocycles. The molecule has 162 valence electrons. The van der Waals surface area contributed by atoms with Crippen molar-refractivity contribution in [3.63, 3.8) is 0 Å². The molecule has 6 heteroatoms. The van der Waals surface area contributed by atoms with Gasteiger partial charge < -0.3 is 15.0 Å². The molecule has 4 fully saturated rings. The van der Waals surface area contributed by atoms with Gasteiger partial charge in [0.15, 0.2) is 0 Å². The van der Waals surface area contributed by atoms with Gasteiger partial charge in [-0.25, -0.2) is 0 Å². The Morgan fingerprint density at radius 3 is 2.13 bits per heavy atom. The lowest BCUT2D eigenvalue weighted by Crippen LogP contribution is -2.48. The van der Waals surface area contributed by atoms with Gasteiger partial charge in [-0.2, -0.15) is 0 Å². The van der Waals surface area contributed by atoms with Crippen molar-refractivity contribution in [1.82, 2.24) is 10.2 Å². The van der Waals surface area contributed by atoms with Gasteiger partial charge in [0.05, 0.1) is 0 Å². The van der Waals surface area contributed by atoms with Gasteiger partial charge in [-0.15, -0.1) is 0 Å². The molecule has 1 aromatic carbocycles. The number of likely N-dealkylation sites (N-methyl/N-ethyl adjacent to an activating group) is 1. The SMILES string of the molecule is CN(C)C(=O)[C@@H](OC(=O)CNC(=O)CC12CC3CC(CC(C3)C1)C2)c1ccccc1. The Morgan fingerprint density at radius 1 is 1.03 bits per heavy atom. The third kappa shape index (κ3) is 4.52. The maximum absolute atomic E-state index is 12.6. The lowest BCUT2D eigenvalue weighted by atomic mass is 9.49. The molecule has 0 saturated heterocycles. The zero-order valence-electron chi connectivity index (χ0n) is 17.9. The summed E-state index contributed by atoms with van der Waals surface area (Å²) < 4.78 is 5.46. The van der Waals surface area contributed by atoms with Gasteiger partial charge in [0.2, 0.25) is 12.0 Å². The quantitative estimate of drug-likeness (QED) is 0.699. The van der Waals surface area contributed by atoms with E-state index in [4.69, 9.17) is 4.74 Å². The van der Waals surface area contributed by atoms with E-state index in [0.717, 1.165) is 37.0 Å². The standard InChI is InChI=1S/C24H32N2O4/c1-26(2)23(29)22(19-6-4-3-5-7-19)30-21(28)15-25-20(27)14-24-11-16-8-17(12-24)10-18(9-16)13-24/h3-7,16-18,22H,8-15H2,1-2H3,(H,25,27)/t16?,17?,18?,22-,24?/m0/s1. The van der Waals surface area contributed by atoms with E-state index in [1.165, 1.54) is 24.2 Å². The monoisotopic (exact) mass is 412 g/mol. The zero-order valence-corrected chi connectivity index (χ0v) is 17.9. The van der Waals surface area contributed by atoms with Gasteiger partial charge in [0.25, 0.3) is 5.91 Å². The molecule has 0 unspecified atom stereocenters. The number of amides is 2. The van der Waals surface area contributed by atoms with Crippen LogP contribution in [0.15, 0.2) is 30.3 Å². The molecule has 6 nitrogen and oxygen atoms in total. The third-order valence-corrected chi connectivity index (χ3v) is 7.15. The number of carbonyl (C=O) groups excluding carboxylic acids is 3. The average Bonchev–Trinajstić information content (AvgIpc) is 2.69. The fraction of sp³-hybridized carbons (Fsp3) is 0.625. The Hall–Kier alpha value is -2.37. The molecule has 0 heterocycles. The van der Waals surface area contributed by atoms with Crippen LogP contribution < -0.4 is 5.32 Å². The van der Waals surface area contributed by atoms with Gasteiger partial charge in [0.1, 0.15) is 6.54 Å². The molecule has 4 bridgehead atoms. The predicted octanol–water partition coefficient (Wildman–Crippen LogP) is 3.08. The first-order chi connectivity index (χ1) is 14.3. The van der Waals surface area contributed by atoms with Crippen LogP contribution in [-0.4, -0.2) is 43.3 Å². The Bertz CT molecular complexity index is 769. The molecule has 4 aliphatic carbocycles. The summed E-state index contributed by atoms with van der Waals surface area (Å²) >= 11 is 0. The average molecular weight is 413 g/mol. The number of esters is 1. The minimum Gasteiger partial charge on any atom is -0.446 e. The number of benzene rings is 1. The second-order valence-electron chi connectivity index (χ2n) is 9.88. The van der Waals surface area contributed by atoms with Gasteiger partial charge in [-0.3, -0.25) is 14.4 Å². The number of hydrogen-bond acceptors (Lipinski definition) is 4. The second kappa shape index (κ2) is 8.40. The van der Waals surface area contributed by atoms with Crippen molar-refractivity contribution >= 4 is 17.8 Å². The van der Waals surface area contributed by atoms with Crippen molar-refractivity contribution in [1.29, 1.82) is 0 Å². The molecule has 4 aliphatic rings. The van der Waals surface area contributed by atoms with Crippen LogP contribution >= 0.6 is 0 Å². The number of nitrogens with one attached hydrogen (secondary N) is 1. The van der Waals surface area contributed by atoms with Gasteiger partial charge >= 0.3 is 5.97 Å². The van der Waals surface area contributed by atoms with Crippen LogP contribution in [0.25, 0.3) is 0 Å². The van der Waals surface area contributed by atoms with E-state index >= 15 is 0 Å². The Labute approximate surface area is 178 Å². The molecule has 1 atom stereocenters. The smallest absolute Gasteiger partial charge is 0.326 e. The summed E-state index contributed by atoms with van der Waals surface area (Å²) in [6.07, 6.45) is 6.99. The summed E-state index contributed by atoms with van der Waals surface area (Å²) in [7, 11) is 3.25. The first kappa shape index (κ1) is 20.9. The molecule has 2 amide bonds. The van der Waals surface area contributed by atoms with E-state index in [2.05, 4.69) is 5.32 Å². The molecule has 1 N–H and O–H groups in total. The summed E-state index contributed by atoms with van der Waals surface area (Å²) in [4.78, 5) is 38.9. The summed E-state index contributed by atoms with van der Waals surface area (Å²) in [5, 5.41) is 2.74. The first-order valence-electron chi connectivity index (χ1n) is 11.1. The van der Waals surface area contributed by atoms with Crippen molar-refractivity contribution in [2.75, 3.05) is 20.6 Å². The largest absolute Gasteiger partial charge is 0.446 e. The lowest BCUT2D eigenvalue weighted by Gasteiger charge is -2.56. The maximum atomic E-state index is 12.6. The van der Waals surface area contributed by atoms with Crippen LogP contribution in [0, 0.1) is 23.2 Å². The number of nitrogens with zero attached hydrogens (tertiary/aromatic N) is 1. The number of ether oxygens (including phenoxy) is 1. The van der Waals surface area contributed by atoms with Crippen molar-refractivity contribution < 1.29 is 19.1 Å². The number of carbonyl (C=O) groups is 3. The minimum atomic E-state index is -1.01. The van der Waals surface area contributed by atoms with Gasteiger partial charge in [-0.1, -0.05) is 30.3 Å². The fourth-order valence-corrected chi connectivity index (χ4v) is 6.38. The second-order valence-corrected chi connectivity index (χ2v) is 9.88. The topological polar surface area (TPSA) is 75.7 Å². The fourth-order valence-electron chi connectivity index (χ4n) is 6.38. The highest BCUT2D eigenvalue weighted by Gasteiger charge is 2.51. The Morgan fingerprint density at radius 2 is 1.60 bits per heavy atom. The van der Waals surface area contributed by atoms with E-state index in [-0.39, 0.29) is 23.8 Å². The molecular weight excluding hydrogens is 380 g/mol. The van der Waals surface area contributed by atoms with Crippen LogP contribution in [0.4, 0.5) is 0 Å². The zero-order chi connectivity index (χ0) is 21.3. The molecular formula is C24H32N2O4. The van der Waals surface area contributed by atoms with Gasteiger partial charge in [0, 0.05) is 26.1 Å². The Kier molecular flexibility index (Phi) is 5.85. The van der Waals surface area contributed by atoms with Crippen molar-refractivity contribution in [3.8, 4) is 0 Å². The summed E-state index contributed by atoms with van der Waals surface area (Å²) in [5.41, 5.74) is 0.750. The van der Waals surface area contributed by atoms with Crippen LogP contribution in [0.1, 0.15) is 56.6 Å². The van der Waals surface area contributed by atoms with E-state index < -0.39 is 12.1 Å². The van der Waals surface area contributed by atoms with E-state index in [1.807, 2.05) is 6.07 Å². The predicted molar refractivity (Wildman–Crippen MR) is 112 cm³/mol. The first-order valence-corrected chi connectivity index (χ1v) is 11.1. The summed E-state index contributed by atoms with van der Waals surface area (Å²) in [5.74, 6) is 1.38. The summed E-state index contributed by atoms with van der Waals surface area (Å²) in [6.45, 7) is -0.213. The van der Waals surface area contributed by atoms with Crippen molar-refractivity contribution in [2.45, 2.75) is 51.0 Å². The van der Waals surface area contributed by atoms with Crippen LogP contribution in [-0.2, 0) is 19.1 Å². The maximum Gasteiger partial charge on any atom is 0.326 e. The summed E-state index contributed by atoms with van der Waals surface area (Å²) in [6, 6.07) is 8.95. The highest BCUT2D eigenvalue weighted by molar-refractivity contribution is 5.86. The minimum absolute atomic E-state index is 0.0795. The van der Waals surface area contributed by atoms with Crippen LogP contribution in [0.5, 0.6) is 0 Å². The highest BCUT2D eigenvalue weighted by Crippen LogP contribution is 2.61. The van der Waals surface area contributed by atoms with Crippen LogP contribution in [0.3, 0.4) is 0 Å². The molecule has 5 rings (SSSR count). The normalized spacial score (nSPS) is 29.9. The van der Waals surface area contributed by atoms with E-state index in [9.17, 15) is 14.4 Å². The van der Waals surface area contributed by atoms with Crippen molar-refractivity contribution in [2.24, 2.45) is 23.2 Å².